The number of nitrogens with two attached hydrogens (primary N) is 1. The minimum atomic E-state index is -0.474. The van der Waals surface area contributed by atoms with Crippen LogP contribution in [0, 0.1) is 5.92 Å². The Morgan fingerprint density at radius 1 is 1.18 bits per heavy atom. The molecular weight excluding hydrogens is 358 g/mol. The topological polar surface area (TPSA) is 101 Å². The molecule has 0 aliphatic carbocycles. The number of carbonyl (C=O) groups is 2. The smallest absolute Gasteiger partial charge is 0.339 e. The van der Waals surface area contributed by atoms with Crippen molar-refractivity contribution < 1.29 is 14.3 Å². The number of carbonyl (C=O) groups excluding carboxylic acids is 2. The first-order valence-electron chi connectivity index (χ1n) is 9.60. The van der Waals surface area contributed by atoms with E-state index in [9.17, 15) is 9.59 Å². The maximum atomic E-state index is 12.6. The number of amides is 1. The number of ether oxygens (including phenoxy) is 1. The molecule has 0 unspecified atom stereocenters. The Balaban J connectivity index is 0.00000136. The fraction of sp³-hybridized carbons (Fsp3) is 0.500. The third-order valence-corrected chi connectivity index (χ3v) is 4.52. The third-order valence-electron chi connectivity index (χ3n) is 4.52. The first kappa shape index (κ1) is 21.4. The van der Waals surface area contributed by atoms with Gasteiger partial charge in [0.2, 0.25) is 0 Å². The lowest BCUT2D eigenvalue weighted by Crippen LogP contribution is -2.52. The van der Waals surface area contributed by atoms with Crippen LogP contribution in [0.15, 0.2) is 35.1 Å². The van der Waals surface area contributed by atoms with Gasteiger partial charge in [-0.1, -0.05) is 26.8 Å². The number of rotatable bonds is 2. The largest absolute Gasteiger partial charge is 0.465 e. The normalized spacial score (nSPS) is 19.1. The van der Waals surface area contributed by atoms with Gasteiger partial charge in [-0.15, -0.1) is 0 Å². The SMILES string of the molecule is CC.COC(=O)c1ccc(C(=O)N2CCN(C3=NC[C@H](C)C=C3N)CC2)nc1. The predicted molar refractivity (Wildman–Crippen MR) is 108 cm³/mol. The number of methoxy groups -OCH3 is 1. The number of dihydropyridines is 1. The maximum Gasteiger partial charge on any atom is 0.339 e. The van der Waals surface area contributed by atoms with Crippen molar-refractivity contribution in [3.63, 3.8) is 0 Å². The van der Waals surface area contributed by atoms with Crippen molar-refractivity contribution in [2.45, 2.75) is 20.8 Å². The summed E-state index contributed by atoms with van der Waals surface area (Å²) in [5.74, 6) is 0.568. The fourth-order valence-corrected chi connectivity index (χ4v) is 3.08. The van der Waals surface area contributed by atoms with Gasteiger partial charge in [-0.3, -0.25) is 14.8 Å². The minimum Gasteiger partial charge on any atom is -0.465 e. The number of hydrogen-bond acceptors (Lipinski definition) is 7. The molecule has 2 aliphatic rings. The van der Waals surface area contributed by atoms with Crippen LogP contribution in [-0.4, -0.2) is 72.3 Å². The summed E-state index contributed by atoms with van der Waals surface area (Å²) >= 11 is 0. The van der Waals surface area contributed by atoms with E-state index in [1.165, 1.54) is 13.3 Å². The number of piperazine rings is 1. The maximum absolute atomic E-state index is 12.6. The van der Waals surface area contributed by atoms with Crippen molar-refractivity contribution in [1.29, 1.82) is 0 Å². The second kappa shape index (κ2) is 9.87. The molecule has 1 aromatic rings. The van der Waals surface area contributed by atoms with Gasteiger partial charge in [0.1, 0.15) is 11.5 Å². The molecular formula is C20H29N5O3. The zero-order valence-corrected chi connectivity index (χ0v) is 17.0. The molecule has 0 aromatic carbocycles. The number of esters is 1. The standard InChI is InChI=1S/C18H23N5O3.C2H6/c1-12-9-14(19)16(21-10-12)22-5-7-23(8-6-22)17(24)15-4-3-13(11-20-15)18(25)26-2;1-2/h3-4,9,11-12H,5-8,10,19H2,1-2H3;1-2H3/t12-;/m1./s1. The van der Waals surface area contributed by atoms with Gasteiger partial charge in [0.15, 0.2) is 0 Å². The van der Waals surface area contributed by atoms with Gasteiger partial charge in [-0.2, -0.15) is 0 Å². The molecule has 0 bridgehead atoms. The zero-order valence-electron chi connectivity index (χ0n) is 17.0. The van der Waals surface area contributed by atoms with Crippen molar-refractivity contribution in [3.8, 4) is 0 Å². The Morgan fingerprint density at radius 3 is 2.39 bits per heavy atom. The highest BCUT2D eigenvalue weighted by molar-refractivity contribution is 5.98. The van der Waals surface area contributed by atoms with Crippen LogP contribution in [0.2, 0.25) is 0 Å². The van der Waals surface area contributed by atoms with Crippen molar-refractivity contribution in [2.75, 3.05) is 39.8 Å². The quantitative estimate of drug-likeness (QED) is 0.773. The molecule has 1 aromatic heterocycles. The number of amidine groups is 1. The minimum absolute atomic E-state index is 0.149. The lowest BCUT2D eigenvalue weighted by atomic mass is 10.1. The average Bonchev–Trinajstić information content (AvgIpc) is 2.74. The van der Waals surface area contributed by atoms with Gasteiger partial charge >= 0.3 is 5.97 Å². The van der Waals surface area contributed by atoms with Gasteiger partial charge in [0.05, 0.1) is 18.4 Å². The molecule has 2 aliphatic heterocycles. The lowest BCUT2D eigenvalue weighted by Gasteiger charge is -2.37. The predicted octanol–water partition coefficient (Wildman–Crippen LogP) is 1.54. The fourth-order valence-electron chi connectivity index (χ4n) is 3.08. The van der Waals surface area contributed by atoms with Crippen LogP contribution in [0.4, 0.5) is 0 Å². The van der Waals surface area contributed by atoms with E-state index in [4.69, 9.17) is 5.73 Å². The van der Waals surface area contributed by atoms with Gasteiger partial charge < -0.3 is 20.3 Å². The summed E-state index contributed by atoms with van der Waals surface area (Å²) in [6, 6.07) is 3.10. The van der Waals surface area contributed by atoms with Crippen molar-refractivity contribution in [1.82, 2.24) is 14.8 Å². The van der Waals surface area contributed by atoms with Crippen LogP contribution in [0.1, 0.15) is 41.6 Å². The van der Waals surface area contributed by atoms with Gasteiger partial charge in [0, 0.05) is 38.9 Å². The summed E-state index contributed by atoms with van der Waals surface area (Å²) in [5.41, 5.74) is 7.44. The van der Waals surface area contributed by atoms with E-state index in [1.807, 2.05) is 19.9 Å². The average molecular weight is 387 g/mol. The molecule has 3 rings (SSSR count). The van der Waals surface area contributed by atoms with Crippen LogP contribution in [0.25, 0.3) is 0 Å². The number of aliphatic imine (C=N–C) groups is 1. The Labute approximate surface area is 166 Å². The molecule has 2 N–H and O–H groups in total. The summed E-state index contributed by atoms with van der Waals surface area (Å²) < 4.78 is 4.63. The van der Waals surface area contributed by atoms with E-state index in [1.54, 1.807) is 17.0 Å². The first-order valence-corrected chi connectivity index (χ1v) is 9.60. The van der Waals surface area contributed by atoms with E-state index in [0.717, 1.165) is 12.4 Å². The van der Waals surface area contributed by atoms with Gasteiger partial charge in [0.25, 0.3) is 5.91 Å². The monoisotopic (exact) mass is 387 g/mol. The second-order valence-electron chi connectivity index (χ2n) is 6.47. The molecule has 8 heteroatoms. The molecule has 8 nitrogen and oxygen atoms in total. The van der Waals surface area contributed by atoms with Crippen LogP contribution in [-0.2, 0) is 4.74 Å². The molecule has 1 saturated heterocycles. The lowest BCUT2D eigenvalue weighted by molar-refractivity contribution is 0.0598. The molecule has 152 valence electrons. The summed E-state index contributed by atoms with van der Waals surface area (Å²) in [6.07, 6.45) is 3.39. The van der Waals surface area contributed by atoms with E-state index >= 15 is 0 Å². The Bertz CT molecular complexity index is 750. The second-order valence-corrected chi connectivity index (χ2v) is 6.47. The molecule has 28 heavy (non-hydrogen) atoms. The summed E-state index contributed by atoms with van der Waals surface area (Å²) in [6.45, 7) is 9.32. The van der Waals surface area contributed by atoms with Crippen molar-refractivity contribution in [2.24, 2.45) is 16.6 Å². The molecule has 3 heterocycles. The highest BCUT2D eigenvalue weighted by atomic mass is 16.5. The van der Waals surface area contributed by atoms with Gasteiger partial charge in [-0.05, 0) is 18.1 Å². The Kier molecular flexibility index (Phi) is 7.54. The van der Waals surface area contributed by atoms with E-state index in [0.29, 0.717) is 49.1 Å². The Hall–Kier alpha value is -2.90. The van der Waals surface area contributed by atoms with Crippen molar-refractivity contribution >= 4 is 17.7 Å². The molecule has 1 atom stereocenters. The van der Waals surface area contributed by atoms with Crippen molar-refractivity contribution in [3.05, 3.63) is 41.4 Å². The highest BCUT2D eigenvalue weighted by Crippen LogP contribution is 2.15. The summed E-state index contributed by atoms with van der Waals surface area (Å²) in [5, 5.41) is 0. The van der Waals surface area contributed by atoms with Crippen LogP contribution in [0.5, 0.6) is 0 Å². The molecule has 1 fully saturated rings. The number of nitrogens with zero attached hydrogens (tertiary/aromatic N) is 4. The number of hydrogen-bond donors (Lipinski definition) is 1. The number of pyridine rings is 1. The summed E-state index contributed by atoms with van der Waals surface area (Å²) in [4.78, 5) is 36.6. The molecule has 0 saturated carbocycles. The third kappa shape index (κ3) is 4.88. The van der Waals surface area contributed by atoms with E-state index in [2.05, 4.69) is 26.5 Å². The van der Waals surface area contributed by atoms with Crippen LogP contribution < -0.4 is 5.73 Å². The Morgan fingerprint density at radius 2 is 1.86 bits per heavy atom. The first-order chi connectivity index (χ1) is 13.5. The molecule has 1 amide bonds. The van der Waals surface area contributed by atoms with Gasteiger partial charge in [-0.25, -0.2) is 4.79 Å². The van der Waals surface area contributed by atoms with Crippen LogP contribution >= 0.6 is 0 Å². The zero-order chi connectivity index (χ0) is 20.7. The van der Waals surface area contributed by atoms with E-state index in [-0.39, 0.29) is 5.91 Å². The molecule has 0 spiro atoms. The summed E-state index contributed by atoms with van der Waals surface area (Å²) in [7, 11) is 1.31. The highest BCUT2D eigenvalue weighted by Gasteiger charge is 2.26. The van der Waals surface area contributed by atoms with Crippen LogP contribution in [0.3, 0.4) is 0 Å². The number of aromatic nitrogens is 1. The van der Waals surface area contributed by atoms with E-state index < -0.39 is 5.97 Å². The molecule has 0 radical (unpaired) electrons.